The van der Waals surface area contributed by atoms with Gasteiger partial charge in [0.2, 0.25) is 0 Å². The highest BCUT2D eigenvalue weighted by Gasteiger charge is 2.11. The molecule has 0 bridgehead atoms. The Morgan fingerprint density at radius 3 is 2.54 bits per heavy atom. The molecule has 0 aliphatic rings. The number of nitrogens with one attached hydrogen (secondary N) is 1. The maximum atomic E-state index is 12.3. The second-order valence-electron chi connectivity index (χ2n) is 6.09. The molecule has 0 unspecified atom stereocenters. The van der Waals surface area contributed by atoms with Gasteiger partial charge in [-0.2, -0.15) is 0 Å². The van der Waals surface area contributed by atoms with Crippen molar-refractivity contribution in [3.63, 3.8) is 0 Å². The van der Waals surface area contributed by atoms with Crippen LogP contribution >= 0.6 is 0 Å². The number of pyridine rings is 2. The van der Waals surface area contributed by atoms with Gasteiger partial charge in [-0.25, -0.2) is 4.79 Å². The number of benzene rings is 2. The molecule has 0 saturated heterocycles. The van der Waals surface area contributed by atoms with E-state index in [2.05, 4.69) is 9.97 Å². The van der Waals surface area contributed by atoms with Gasteiger partial charge < -0.3 is 19.9 Å². The normalized spacial score (nSPS) is 10.7. The fourth-order valence-corrected chi connectivity index (χ4v) is 2.86. The number of carbonyl (C=O) groups excluding carboxylic acids is 1. The van der Waals surface area contributed by atoms with Crippen LogP contribution in [-0.2, 0) is 0 Å². The van der Waals surface area contributed by atoms with Gasteiger partial charge in [0.25, 0.3) is 0 Å². The Hall–Kier alpha value is -4.13. The number of H-pyrrole nitrogens is 1. The lowest BCUT2D eigenvalue weighted by Gasteiger charge is -2.08. The van der Waals surface area contributed by atoms with Gasteiger partial charge in [0.1, 0.15) is 17.2 Å². The van der Waals surface area contributed by atoms with Crippen LogP contribution in [0.2, 0.25) is 0 Å². The van der Waals surface area contributed by atoms with Crippen LogP contribution in [0.15, 0.2) is 71.8 Å². The molecule has 0 aliphatic heterocycles. The van der Waals surface area contributed by atoms with Gasteiger partial charge in [0.05, 0.1) is 16.5 Å². The van der Waals surface area contributed by atoms with E-state index >= 15 is 0 Å². The topological polar surface area (TPSA) is 113 Å². The number of esters is 1. The number of ether oxygens (including phenoxy) is 1. The SMILES string of the molecule is O=C(Oc1ccc(-c2cc(=O)c3c(O)cc(O)cc3[nH]2)cc1)c1cccnc1. The third-order valence-corrected chi connectivity index (χ3v) is 4.17. The van der Waals surface area contributed by atoms with Gasteiger partial charge in [-0.3, -0.25) is 9.78 Å². The third kappa shape index (κ3) is 3.28. The number of aromatic hydroxyl groups is 2. The van der Waals surface area contributed by atoms with Crippen molar-refractivity contribution in [2.24, 2.45) is 0 Å². The number of aromatic nitrogens is 2. The Balaban J connectivity index is 1.64. The minimum Gasteiger partial charge on any atom is -0.508 e. The molecule has 0 spiro atoms. The molecule has 2 heterocycles. The molecule has 0 fully saturated rings. The summed E-state index contributed by atoms with van der Waals surface area (Å²) in [4.78, 5) is 31.3. The molecule has 0 saturated carbocycles. The number of aromatic amines is 1. The lowest BCUT2D eigenvalue weighted by Crippen LogP contribution is -2.08. The number of hydrogen-bond acceptors (Lipinski definition) is 6. The Kier molecular flexibility index (Phi) is 4.25. The van der Waals surface area contributed by atoms with Crippen LogP contribution in [0, 0.1) is 0 Å². The van der Waals surface area contributed by atoms with Gasteiger partial charge in [0.15, 0.2) is 5.43 Å². The second kappa shape index (κ2) is 6.88. The van der Waals surface area contributed by atoms with Crippen LogP contribution in [-0.4, -0.2) is 26.2 Å². The summed E-state index contributed by atoms with van der Waals surface area (Å²) in [6, 6.07) is 13.7. The molecule has 0 amide bonds. The predicted molar refractivity (Wildman–Crippen MR) is 103 cm³/mol. The number of nitrogens with zero attached hydrogens (tertiary/aromatic N) is 1. The predicted octanol–water partition coefficient (Wildman–Crippen LogP) is 3.22. The summed E-state index contributed by atoms with van der Waals surface area (Å²) in [7, 11) is 0. The Labute approximate surface area is 158 Å². The summed E-state index contributed by atoms with van der Waals surface area (Å²) < 4.78 is 5.30. The summed E-state index contributed by atoms with van der Waals surface area (Å²) in [5.74, 6) is -0.627. The fourth-order valence-electron chi connectivity index (χ4n) is 2.86. The number of hydrogen-bond donors (Lipinski definition) is 3. The van der Waals surface area contributed by atoms with E-state index in [0.717, 1.165) is 6.07 Å². The van der Waals surface area contributed by atoms with Crippen LogP contribution in [0.5, 0.6) is 17.2 Å². The van der Waals surface area contributed by atoms with E-state index in [0.29, 0.717) is 28.1 Å². The zero-order valence-corrected chi connectivity index (χ0v) is 14.4. The van der Waals surface area contributed by atoms with Crippen molar-refractivity contribution in [1.82, 2.24) is 9.97 Å². The largest absolute Gasteiger partial charge is 0.508 e. The summed E-state index contributed by atoms with van der Waals surface area (Å²) >= 11 is 0. The molecular weight excluding hydrogens is 360 g/mol. The number of carbonyl (C=O) groups is 1. The first-order chi connectivity index (χ1) is 13.5. The van der Waals surface area contributed by atoms with Gasteiger partial charge in [-0.1, -0.05) is 0 Å². The van der Waals surface area contributed by atoms with Crippen molar-refractivity contribution in [2.45, 2.75) is 0 Å². The van der Waals surface area contributed by atoms with E-state index in [4.69, 9.17) is 4.74 Å². The molecule has 4 aromatic rings. The van der Waals surface area contributed by atoms with E-state index in [9.17, 15) is 19.8 Å². The first kappa shape index (κ1) is 17.3. The Bertz CT molecular complexity index is 1230. The van der Waals surface area contributed by atoms with E-state index in [1.807, 2.05) is 0 Å². The van der Waals surface area contributed by atoms with Gasteiger partial charge >= 0.3 is 5.97 Å². The number of phenols is 2. The smallest absolute Gasteiger partial charge is 0.345 e. The molecule has 7 nitrogen and oxygen atoms in total. The molecule has 0 atom stereocenters. The number of fused-ring (bicyclic) bond motifs is 1. The van der Waals surface area contributed by atoms with Crippen molar-refractivity contribution in [3.8, 4) is 28.5 Å². The highest BCUT2D eigenvalue weighted by molar-refractivity contribution is 5.91. The quantitative estimate of drug-likeness (QED) is 0.375. The van der Waals surface area contributed by atoms with Crippen LogP contribution in [0.1, 0.15) is 10.4 Å². The molecule has 138 valence electrons. The second-order valence-corrected chi connectivity index (χ2v) is 6.09. The molecule has 4 rings (SSSR count). The molecule has 3 N–H and O–H groups in total. The minimum atomic E-state index is -0.522. The lowest BCUT2D eigenvalue weighted by molar-refractivity contribution is 0.0734. The monoisotopic (exact) mass is 374 g/mol. The molecule has 7 heteroatoms. The maximum absolute atomic E-state index is 12.3. The molecule has 2 aromatic heterocycles. The lowest BCUT2D eigenvalue weighted by atomic mass is 10.1. The number of rotatable bonds is 3. The molecule has 2 aromatic carbocycles. The zero-order chi connectivity index (χ0) is 19.7. The highest BCUT2D eigenvalue weighted by atomic mass is 16.5. The highest BCUT2D eigenvalue weighted by Crippen LogP contribution is 2.28. The van der Waals surface area contributed by atoms with Crippen LogP contribution in [0.4, 0.5) is 0 Å². The fraction of sp³-hybridized carbons (Fsp3) is 0. The molecular formula is C21H14N2O5. The number of phenolic OH excluding ortho intramolecular Hbond substituents is 2. The minimum absolute atomic E-state index is 0.101. The van der Waals surface area contributed by atoms with Gasteiger partial charge in [-0.15, -0.1) is 0 Å². The Morgan fingerprint density at radius 1 is 1.04 bits per heavy atom. The van der Waals surface area contributed by atoms with Gasteiger partial charge in [-0.05, 0) is 42.0 Å². The first-order valence-electron chi connectivity index (χ1n) is 8.33. The third-order valence-electron chi connectivity index (χ3n) is 4.17. The molecule has 0 radical (unpaired) electrons. The summed E-state index contributed by atoms with van der Waals surface area (Å²) in [5.41, 5.74) is 1.43. The van der Waals surface area contributed by atoms with Crippen molar-refractivity contribution >= 4 is 16.9 Å². The van der Waals surface area contributed by atoms with Crippen molar-refractivity contribution < 1.29 is 19.7 Å². The summed E-state index contributed by atoms with van der Waals surface area (Å²) in [6.45, 7) is 0. The van der Waals surface area contributed by atoms with Crippen molar-refractivity contribution in [3.05, 3.63) is 82.8 Å². The average molecular weight is 374 g/mol. The van der Waals surface area contributed by atoms with E-state index < -0.39 is 5.97 Å². The Morgan fingerprint density at radius 2 is 1.82 bits per heavy atom. The summed E-state index contributed by atoms with van der Waals surface area (Å²) in [6.07, 6.45) is 2.98. The first-order valence-corrected chi connectivity index (χ1v) is 8.33. The molecule has 0 aliphatic carbocycles. The van der Waals surface area contributed by atoms with Crippen molar-refractivity contribution in [1.29, 1.82) is 0 Å². The van der Waals surface area contributed by atoms with E-state index in [1.54, 1.807) is 42.6 Å². The van der Waals surface area contributed by atoms with Crippen LogP contribution in [0.3, 0.4) is 0 Å². The van der Waals surface area contributed by atoms with E-state index in [1.165, 1.54) is 18.3 Å². The molecule has 28 heavy (non-hydrogen) atoms. The summed E-state index contributed by atoms with van der Waals surface area (Å²) in [5, 5.41) is 19.6. The van der Waals surface area contributed by atoms with Crippen LogP contribution < -0.4 is 10.2 Å². The van der Waals surface area contributed by atoms with Crippen LogP contribution in [0.25, 0.3) is 22.2 Å². The van der Waals surface area contributed by atoms with E-state index in [-0.39, 0.29) is 22.3 Å². The average Bonchev–Trinajstić information content (AvgIpc) is 2.68. The standard InChI is InChI=1S/C21H14N2O5/c24-14-8-17-20(18(25)9-14)19(26)10-16(23-17)12-3-5-15(6-4-12)28-21(27)13-2-1-7-22-11-13/h1-11,24-25H,(H,23,26). The zero-order valence-electron chi connectivity index (χ0n) is 14.4. The van der Waals surface area contributed by atoms with Gasteiger partial charge in [0, 0.05) is 36.3 Å². The maximum Gasteiger partial charge on any atom is 0.345 e. The van der Waals surface area contributed by atoms with Crippen molar-refractivity contribution in [2.75, 3.05) is 0 Å².